The van der Waals surface area contributed by atoms with Crippen molar-refractivity contribution in [2.24, 2.45) is 0 Å². The second-order valence-corrected chi connectivity index (χ2v) is 5.28. The molecular weight excluding hydrogens is 268 g/mol. The van der Waals surface area contributed by atoms with Gasteiger partial charge in [-0.3, -0.25) is 0 Å². The van der Waals surface area contributed by atoms with E-state index in [0.717, 1.165) is 0 Å². The molecule has 1 aromatic rings. The van der Waals surface area contributed by atoms with Crippen LogP contribution in [0.1, 0.15) is 39.3 Å². The Morgan fingerprint density at radius 3 is 2.40 bits per heavy atom. The molecule has 1 atom stereocenters. The minimum atomic E-state index is -2.91. The number of amides is 1. The maximum absolute atomic E-state index is 12.3. The Labute approximate surface area is 117 Å². The Morgan fingerprint density at radius 1 is 1.25 bits per heavy atom. The molecule has 112 valence electrons. The van der Waals surface area contributed by atoms with Gasteiger partial charge in [0.15, 0.2) is 0 Å². The van der Waals surface area contributed by atoms with Gasteiger partial charge in [0.2, 0.25) is 0 Å². The van der Waals surface area contributed by atoms with Gasteiger partial charge in [0.1, 0.15) is 11.4 Å². The zero-order valence-electron chi connectivity index (χ0n) is 11.9. The molecule has 1 amide bonds. The number of rotatable bonds is 4. The number of para-hydroxylation sites is 1. The van der Waals surface area contributed by atoms with Gasteiger partial charge in [-0.25, -0.2) is 4.79 Å². The van der Waals surface area contributed by atoms with Crippen LogP contribution in [0.2, 0.25) is 0 Å². The molecule has 0 aliphatic heterocycles. The highest BCUT2D eigenvalue weighted by molar-refractivity contribution is 5.68. The highest BCUT2D eigenvalue weighted by Gasteiger charge is 2.20. The standard InChI is InChI=1S/C14H19F2NO3/c1-9(17-13(18)20-14(2,3)4)10-7-5-6-8-11(10)19-12(15)16/h5-9,12H,1-4H3,(H,17,18). The predicted octanol–water partition coefficient (Wildman–Crippen LogP) is 3.87. The first kappa shape index (κ1) is 16.2. The number of benzene rings is 1. The third kappa shape index (κ3) is 5.42. The van der Waals surface area contributed by atoms with Gasteiger partial charge in [-0.1, -0.05) is 18.2 Å². The van der Waals surface area contributed by atoms with Gasteiger partial charge in [0.25, 0.3) is 0 Å². The summed E-state index contributed by atoms with van der Waals surface area (Å²) >= 11 is 0. The summed E-state index contributed by atoms with van der Waals surface area (Å²) in [5.74, 6) is 0.0334. The van der Waals surface area contributed by atoms with Crippen LogP contribution in [0.25, 0.3) is 0 Å². The van der Waals surface area contributed by atoms with Crippen molar-refractivity contribution in [3.8, 4) is 5.75 Å². The van der Waals surface area contributed by atoms with Gasteiger partial charge in [-0.2, -0.15) is 8.78 Å². The van der Waals surface area contributed by atoms with E-state index in [-0.39, 0.29) is 5.75 Å². The molecule has 0 heterocycles. The Balaban J connectivity index is 2.77. The summed E-state index contributed by atoms with van der Waals surface area (Å²) < 4.78 is 34.2. The molecular formula is C14H19F2NO3. The Bertz CT molecular complexity index is 458. The van der Waals surface area contributed by atoms with Gasteiger partial charge < -0.3 is 14.8 Å². The smallest absolute Gasteiger partial charge is 0.408 e. The van der Waals surface area contributed by atoms with Gasteiger partial charge in [-0.05, 0) is 33.8 Å². The summed E-state index contributed by atoms with van der Waals surface area (Å²) in [6.45, 7) is 3.98. The average Bonchev–Trinajstić information content (AvgIpc) is 2.25. The summed E-state index contributed by atoms with van der Waals surface area (Å²) in [5, 5.41) is 2.58. The maximum atomic E-state index is 12.3. The van der Waals surface area contributed by atoms with Crippen LogP contribution in [-0.4, -0.2) is 18.3 Å². The van der Waals surface area contributed by atoms with Crippen molar-refractivity contribution in [1.29, 1.82) is 0 Å². The van der Waals surface area contributed by atoms with Crippen molar-refractivity contribution < 1.29 is 23.0 Å². The van der Waals surface area contributed by atoms with Crippen LogP contribution in [-0.2, 0) is 4.74 Å². The number of hydrogen-bond donors (Lipinski definition) is 1. The molecule has 0 radical (unpaired) electrons. The lowest BCUT2D eigenvalue weighted by molar-refractivity contribution is -0.0506. The Kier molecular flexibility index (Phi) is 5.30. The van der Waals surface area contributed by atoms with Crippen LogP contribution < -0.4 is 10.1 Å². The molecule has 1 aromatic carbocycles. The summed E-state index contributed by atoms with van der Waals surface area (Å²) in [4.78, 5) is 11.7. The fraction of sp³-hybridized carbons (Fsp3) is 0.500. The second-order valence-electron chi connectivity index (χ2n) is 5.28. The first-order chi connectivity index (χ1) is 9.19. The number of alkyl halides is 2. The Morgan fingerprint density at radius 2 is 1.85 bits per heavy atom. The largest absolute Gasteiger partial charge is 0.444 e. The lowest BCUT2D eigenvalue weighted by atomic mass is 10.1. The van der Waals surface area contributed by atoms with E-state index >= 15 is 0 Å². The normalized spacial score (nSPS) is 12.9. The highest BCUT2D eigenvalue weighted by Crippen LogP contribution is 2.26. The third-order valence-corrected chi connectivity index (χ3v) is 2.33. The molecule has 4 nitrogen and oxygen atoms in total. The molecule has 1 rings (SSSR count). The van der Waals surface area contributed by atoms with Crippen LogP contribution >= 0.6 is 0 Å². The molecule has 1 unspecified atom stereocenters. The zero-order chi connectivity index (χ0) is 15.3. The summed E-state index contributed by atoms with van der Waals surface area (Å²) in [5.41, 5.74) is -0.165. The molecule has 20 heavy (non-hydrogen) atoms. The molecule has 0 saturated carbocycles. The maximum Gasteiger partial charge on any atom is 0.408 e. The van der Waals surface area contributed by atoms with Crippen LogP contribution in [0.15, 0.2) is 24.3 Å². The van der Waals surface area contributed by atoms with E-state index in [1.807, 2.05) is 0 Å². The van der Waals surface area contributed by atoms with Crippen molar-refractivity contribution >= 4 is 6.09 Å². The average molecular weight is 287 g/mol. The molecule has 0 fully saturated rings. The number of nitrogens with one attached hydrogen (secondary N) is 1. The molecule has 0 aliphatic carbocycles. The lowest BCUT2D eigenvalue weighted by Crippen LogP contribution is -2.34. The second kappa shape index (κ2) is 6.54. The zero-order valence-corrected chi connectivity index (χ0v) is 11.9. The Hall–Kier alpha value is -1.85. The summed E-state index contributed by atoms with van der Waals surface area (Å²) in [6, 6.07) is 5.79. The lowest BCUT2D eigenvalue weighted by Gasteiger charge is -2.23. The quantitative estimate of drug-likeness (QED) is 0.914. The number of alkyl carbamates (subject to hydrolysis) is 1. The van der Waals surface area contributed by atoms with E-state index in [4.69, 9.17) is 4.74 Å². The van der Waals surface area contributed by atoms with Gasteiger partial charge in [0.05, 0.1) is 6.04 Å². The number of carbonyl (C=O) groups is 1. The van der Waals surface area contributed by atoms with E-state index in [2.05, 4.69) is 10.1 Å². The third-order valence-electron chi connectivity index (χ3n) is 2.33. The van der Waals surface area contributed by atoms with Crippen molar-refractivity contribution in [3.05, 3.63) is 29.8 Å². The minimum absolute atomic E-state index is 0.0334. The molecule has 0 saturated heterocycles. The number of halogens is 2. The van der Waals surface area contributed by atoms with Crippen LogP contribution in [0.4, 0.5) is 13.6 Å². The molecule has 0 aliphatic rings. The predicted molar refractivity (Wildman–Crippen MR) is 70.9 cm³/mol. The fourth-order valence-corrected chi connectivity index (χ4v) is 1.60. The molecule has 6 heteroatoms. The van der Waals surface area contributed by atoms with Gasteiger partial charge in [-0.15, -0.1) is 0 Å². The van der Waals surface area contributed by atoms with Crippen LogP contribution in [0.3, 0.4) is 0 Å². The van der Waals surface area contributed by atoms with Gasteiger partial charge in [0, 0.05) is 5.56 Å². The summed E-state index contributed by atoms with van der Waals surface area (Å²) in [7, 11) is 0. The first-order valence-electron chi connectivity index (χ1n) is 6.22. The van der Waals surface area contributed by atoms with Crippen molar-refractivity contribution in [2.45, 2.75) is 45.9 Å². The van der Waals surface area contributed by atoms with Crippen molar-refractivity contribution in [3.63, 3.8) is 0 Å². The number of carbonyl (C=O) groups excluding carboxylic acids is 1. The topological polar surface area (TPSA) is 47.6 Å². The molecule has 0 bridgehead atoms. The van der Waals surface area contributed by atoms with E-state index in [1.165, 1.54) is 6.07 Å². The van der Waals surface area contributed by atoms with E-state index < -0.39 is 24.3 Å². The highest BCUT2D eigenvalue weighted by atomic mass is 19.3. The SMILES string of the molecule is CC(NC(=O)OC(C)(C)C)c1ccccc1OC(F)F. The van der Waals surface area contributed by atoms with Crippen LogP contribution in [0, 0.1) is 0 Å². The summed E-state index contributed by atoms with van der Waals surface area (Å²) in [6.07, 6.45) is -0.614. The molecule has 0 spiro atoms. The monoisotopic (exact) mass is 287 g/mol. The molecule has 1 N–H and O–H groups in total. The van der Waals surface area contributed by atoms with E-state index in [1.54, 1.807) is 45.9 Å². The van der Waals surface area contributed by atoms with E-state index in [9.17, 15) is 13.6 Å². The first-order valence-corrected chi connectivity index (χ1v) is 6.22. The minimum Gasteiger partial charge on any atom is -0.444 e. The number of ether oxygens (including phenoxy) is 2. The van der Waals surface area contributed by atoms with Crippen molar-refractivity contribution in [1.82, 2.24) is 5.32 Å². The fourth-order valence-electron chi connectivity index (χ4n) is 1.60. The van der Waals surface area contributed by atoms with Crippen LogP contribution in [0.5, 0.6) is 5.75 Å². The van der Waals surface area contributed by atoms with E-state index in [0.29, 0.717) is 5.56 Å². The molecule has 0 aromatic heterocycles. The van der Waals surface area contributed by atoms with Gasteiger partial charge >= 0.3 is 12.7 Å². The number of hydrogen-bond acceptors (Lipinski definition) is 3. The van der Waals surface area contributed by atoms with Crippen molar-refractivity contribution in [2.75, 3.05) is 0 Å².